The van der Waals surface area contributed by atoms with Gasteiger partial charge in [-0.05, 0) is 19.6 Å². The topological polar surface area (TPSA) is 112 Å². The first-order valence-corrected chi connectivity index (χ1v) is 6.92. The molecule has 1 rings (SSSR count). The van der Waals surface area contributed by atoms with Crippen molar-refractivity contribution in [2.45, 2.75) is 24.4 Å². The zero-order valence-electron chi connectivity index (χ0n) is 11.1. The second-order valence-corrected chi connectivity index (χ2v) is 4.73. The van der Waals surface area contributed by atoms with Crippen molar-refractivity contribution in [1.82, 2.24) is 15.3 Å². The van der Waals surface area contributed by atoms with Crippen LogP contribution >= 0.6 is 11.8 Å². The molecular formula is C12H15N3O4S. The number of nitrogens with one attached hydrogen (secondary N) is 2. The maximum Gasteiger partial charge on any atom is 0.346 e. The van der Waals surface area contributed by atoms with Crippen molar-refractivity contribution in [3.63, 3.8) is 0 Å². The molecule has 1 heterocycles. The van der Waals surface area contributed by atoms with Gasteiger partial charge in [0.1, 0.15) is 11.1 Å². The maximum absolute atomic E-state index is 12.2. The van der Waals surface area contributed by atoms with Crippen molar-refractivity contribution in [2.24, 2.45) is 0 Å². The SMILES string of the molecule is C=CCC(NC(=O)c1c(SC)nc(=O)[nH]c1C)C(=O)O. The number of hydrogen-bond donors (Lipinski definition) is 3. The first kappa shape index (κ1) is 16.0. The molecule has 0 aliphatic rings. The highest BCUT2D eigenvalue weighted by molar-refractivity contribution is 7.98. The number of aryl methyl sites for hydroxylation is 1. The Balaban J connectivity index is 3.11. The summed E-state index contributed by atoms with van der Waals surface area (Å²) >= 11 is 1.14. The normalized spacial score (nSPS) is 11.7. The highest BCUT2D eigenvalue weighted by Gasteiger charge is 2.23. The van der Waals surface area contributed by atoms with E-state index in [0.29, 0.717) is 5.69 Å². The summed E-state index contributed by atoms with van der Waals surface area (Å²) in [7, 11) is 0. The van der Waals surface area contributed by atoms with E-state index in [2.05, 4.69) is 21.9 Å². The second kappa shape index (κ2) is 6.90. The van der Waals surface area contributed by atoms with Crippen LogP contribution in [-0.2, 0) is 4.79 Å². The minimum atomic E-state index is -1.15. The molecule has 0 saturated carbocycles. The molecule has 108 valence electrons. The standard InChI is InChI=1S/C12H15N3O4S/c1-4-5-7(11(17)18)14-9(16)8-6(2)13-12(19)15-10(8)20-3/h4,7H,1,5H2,2-3H3,(H,14,16)(H,17,18)(H,13,15,19). The fourth-order valence-corrected chi connectivity index (χ4v) is 2.22. The molecule has 0 bridgehead atoms. The van der Waals surface area contributed by atoms with Gasteiger partial charge >= 0.3 is 11.7 Å². The van der Waals surface area contributed by atoms with Gasteiger partial charge in [0.15, 0.2) is 0 Å². The summed E-state index contributed by atoms with van der Waals surface area (Å²) in [5.41, 5.74) is -0.0359. The van der Waals surface area contributed by atoms with Gasteiger partial charge < -0.3 is 15.4 Å². The minimum absolute atomic E-state index is 0.103. The predicted molar refractivity (Wildman–Crippen MR) is 75.1 cm³/mol. The third-order valence-electron chi connectivity index (χ3n) is 2.51. The number of amides is 1. The molecular weight excluding hydrogens is 282 g/mol. The van der Waals surface area contributed by atoms with Gasteiger partial charge in [-0.1, -0.05) is 6.08 Å². The molecule has 1 aromatic rings. The number of carbonyl (C=O) groups is 2. The average Bonchev–Trinajstić information content (AvgIpc) is 2.36. The first-order chi connectivity index (χ1) is 9.40. The molecule has 3 N–H and O–H groups in total. The van der Waals surface area contributed by atoms with Gasteiger partial charge in [-0.3, -0.25) is 4.79 Å². The van der Waals surface area contributed by atoms with Gasteiger partial charge in [-0.25, -0.2) is 9.59 Å². The number of nitrogens with zero attached hydrogens (tertiary/aromatic N) is 1. The van der Waals surface area contributed by atoms with Crippen LogP contribution in [-0.4, -0.2) is 39.2 Å². The molecule has 1 atom stereocenters. The summed E-state index contributed by atoms with van der Waals surface area (Å²) in [5, 5.41) is 11.6. The lowest BCUT2D eigenvalue weighted by atomic mass is 10.1. The predicted octanol–water partition coefficient (Wildman–Crippen LogP) is 0.559. The monoisotopic (exact) mass is 297 g/mol. The van der Waals surface area contributed by atoms with Gasteiger partial charge in [0, 0.05) is 5.69 Å². The third-order valence-corrected chi connectivity index (χ3v) is 3.19. The highest BCUT2D eigenvalue weighted by Crippen LogP contribution is 2.18. The molecule has 0 radical (unpaired) electrons. The summed E-state index contributed by atoms with van der Waals surface area (Å²) in [4.78, 5) is 40.5. The number of carboxylic acid groups (broad SMARTS) is 1. The molecule has 1 unspecified atom stereocenters. The van der Waals surface area contributed by atoms with E-state index >= 15 is 0 Å². The van der Waals surface area contributed by atoms with Crippen LogP contribution in [0.15, 0.2) is 22.5 Å². The van der Waals surface area contributed by atoms with Crippen molar-refractivity contribution in [3.05, 3.63) is 34.4 Å². The Bertz CT molecular complexity index is 597. The molecule has 8 heteroatoms. The molecule has 20 heavy (non-hydrogen) atoms. The van der Waals surface area contributed by atoms with Crippen LogP contribution in [0.5, 0.6) is 0 Å². The lowest BCUT2D eigenvalue weighted by molar-refractivity contribution is -0.139. The Morgan fingerprint density at radius 2 is 2.25 bits per heavy atom. The molecule has 1 amide bonds. The van der Waals surface area contributed by atoms with E-state index < -0.39 is 23.6 Å². The second-order valence-electron chi connectivity index (χ2n) is 3.94. The number of H-pyrrole nitrogens is 1. The Hall–Kier alpha value is -2.09. The van der Waals surface area contributed by atoms with E-state index in [4.69, 9.17) is 5.11 Å². The Morgan fingerprint density at radius 3 is 2.75 bits per heavy atom. The Kier molecular flexibility index (Phi) is 5.51. The van der Waals surface area contributed by atoms with Gasteiger partial charge in [0.2, 0.25) is 0 Å². The highest BCUT2D eigenvalue weighted by atomic mass is 32.2. The van der Waals surface area contributed by atoms with Crippen molar-refractivity contribution < 1.29 is 14.7 Å². The first-order valence-electron chi connectivity index (χ1n) is 5.70. The van der Waals surface area contributed by atoms with Gasteiger partial charge in [-0.15, -0.1) is 18.3 Å². The van der Waals surface area contributed by atoms with Crippen LogP contribution in [0.25, 0.3) is 0 Å². The lowest BCUT2D eigenvalue weighted by Gasteiger charge is -2.14. The molecule has 7 nitrogen and oxygen atoms in total. The Morgan fingerprint density at radius 1 is 1.60 bits per heavy atom. The van der Waals surface area contributed by atoms with E-state index in [1.165, 1.54) is 6.08 Å². The van der Waals surface area contributed by atoms with Crippen LogP contribution < -0.4 is 11.0 Å². The van der Waals surface area contributed by atoms with E-state index in [1.807, 2.05) is 0 Å². The van der Waals surface area contributed by atoms with Crippen molar-refractivity contribution in [1.29, 1.82) is 0 Å². The summed E-state index contributed by atoms with van der Waals surface area (Å²) in [5.74, 6) is -1.75. The largest absolute Gasteiger partial charge is 0.480 e. The average molecular weight is 297 g/mol. The number of thioether (sulfide) groups is 1. The molecule has 0 aliphatic carbocycles. The molecule has 0 aliphatic heterocycles. The Labute approximate surface area is 119 Å². The number of aliphatic carboxylic acids is 1. The smallest absolute Gasteiger partial charge is 0.346 e. The zero-order chi connectivity index (χ0) is 15.3. The molecule has 0 fully saturated rings. The van der Waals surface area contributed by atoms with Gasteiger partial charge in [0.25, 0.3) is 5.91 Å². The number of hydrogen-bond acceptors (Lipinski definition) is 5. The fraction of sp³-hybridized carbons (Fsp3) is 0.333. The molecule has 1 aromatic heterocycles. The number of aromatic amines is 1. The third kappa shape index (κ3) is 3.70. The molecule has 0 aromatic carbocycles. The van der Waals surface area contributed by atoms with Crippen LogP contribution in [0.4, 0.5) is 0 Å². The summed E-state index contributed by atoms with van der Waals surface area (Å²) in [6.45, 7) is 5.00. The fourth-order valence-electron chi connectivity index (χ4n) is 1.59. The number of carbonyl (C=O) groups excluding carboxylic acids is 1. The minimum Gasteiger partial charge on any atom is -0.480 e. The summed E-state index contributed by atoms with van der Waals surface area (Å²) < 4.78 is 0. The van der Waals surface area contributed by atoms with Crippen LogP contribution in [0.2, 0.25) is 0 Å². The summed E-state index contributed by atoms with van der Waals surface area (Å²) in [6.07, 6.45) is 3.19. The zero-order valence-corrected chi connectivity index (χ0v) is 11.9. The quantitative estimate of drug-likeness (QED) is 0.402. The number of rotatable bonds is 6. The van der Waals surface area contributed by atoms with Crippen molar-refractivity contribution >= 4 is 23.6 Å². The van der Waals surface area contributed by atoms with E-state index in [9.17, 15) is 14.4 Å². The van der Waals surface area contributed by atoms with Gasteiger partial charge in [-0.2, -0.15) is 4.98 Å². The van der Waals surface area contributed by atoms with Crippen molar-refractivity contribution in [2.75, 3.05) is 6.26 Å². The van der Waals surface area contributed by atoms with E-state index in [-0.39, 0.29) is 17.0 Å². The van der Waals surface area contributed by atoms with Crippen LogP contribution in [0, 0.1) is 6.92 Å². The van der Waals surface area contributed by atoms with Crippen LogP contribution in [0.1, 0.15) is 22.5 Å². The summed E-state index contributed by atoms with van der Waals surface area (Å²) in [6, 6.07) is -1.07. The lowest BCUT2D eigenvalue weighted by Crippen LogP contribution is -2.41. The molecule has 0 saturated heterocycles. The van der Waals surface area contributed by atoms with E-state index in [1.54, 1.807) is 13.2 Å². The number of carboxylic acids is 1. The van der Waals surface area contributed by atoms with Crippen molar-refractivity contribution in [3.8, 4) is 0 Å². The van der Waals surface area contributed by atoms with E-state index in [0.717, 1.165) is 11.8 Å². The molecule has 0 spiro atoms. The maximum atomic E-state index is 12.2. The number of aromatic nitrogens is 2. The van der Waals surface area contributed by atoms with Crippen LogP contribution in [0.3, 0.4) is 0 Å². The van der Waals surface area contributed by atoms with Gasteiger partial charge in [0.05, 0.1) is 5.56 Å².